The van der Waals surface area contributed by atoms with E-state index in [1.807, 2.05) is 0 Å². The molecular formula is C16H21FO. The first-order chi connectivity index (χ1) is 8.50. The van der Waals surface area contributed by atoms with Crippen LogP contribution in [0.5, 0.6) is 0 Å². The fraction of sp³-hybridized carbons (Fsp3) is 0.562. The minimum absolute atomic E-state index is 0.0700. The van der Waals surface area contributed by atoms with Crippen molar-refractivity contribution in [1.82, 2.24) is 0 Å². The number of carbonyl (C=O) groups excluding carboxylic acids is 1. The summed E-state index contributed by atoms with van der Waals surface area (Å²) in [7, 11) is 0. The Labute approximate surface area is 108 Å². The highest BCUT2D eigenvalue weighted by molar-refractivity contribution is 5.84. The van der Waals surface area contributed by atoms with Gasteiger partial charge in [0.15, 0.2) is 0 Å². The monoisotopic (exact) mass is 248 g/mol. The summed E-state index contributed by atoms with van der Waals surface area (Å²) in [5.74, 6) is 0.0233. The molecule has 0 N–H and O–H groups in total. The second-order valence-corrected chi connectivity index (χ2v) is 6.02. The molecule has 2 rings (SSSR count). The second-order valence-electron chi connectivity index (χ2n) is 6.02. The Balaban J connectivity index is 2.10. The fourth-order valence-corrected chi connectivity index (χ4v) is 3.04. The predicted molar refractivity (Wildman–Crippen MR) is 70.9 cm³/mol. The third kappa shape index (κ3) is 2.80. The molecule has 1 atom stereocenters. The van der Waals surface area contributed by atoms with Gasteiger partial charge in [0.25, 0.3) is 0 Å². The third-order valence-corrected chi connectivity index (χ3v) is 4.22. The molecule has 1 aliphatic rings. The van der Waals surface area contributed by atoms with E-state index in [-0.39, 0.29) is 29.4 Å². The number of halogens is 1. The number of ketones is 1. The molecule has 98 valence electrons. The number of Topliss-reactive ketones (excluding diaryl/α,β-unsaturated/α-hetero) is 1. The van der Waals surface area contributed by atoms with Crippen LogP contribution in [0.4, 0.5) is 4.39 Å². The SMILES string of the molecule is CC1(C)CCCCC1C(=O)Cc1ccccc1F. The van der Waals surface area contributed by atoms with Crippen LogP contribution >= 0.6 is 0 Å². The molecule has 1 aromatic rings. The van der Waals surface area contributed by atoms with Crippen molar-refractivity contribution in [2.75, 3.05) is 0 Å². The summed E-state index contributed by atoms with van der Waals surface area (Å²) in [6, 6.07) is 6.59. The summed E-state index contributed by atoms with van der Waals surface area (Å²) in [6.45, 7) is 4.33. The van der Waals surface area contributed by atoms with Gasteiger partial charge in [0.2, 0.25) is 0 Å². The molecule has 1 saturated carbocycles. The average molecular weight is 248 g/mol. The van der Waals surface area contributed by atoms with Crippen LogP contribution in [-0.2, 0) is 11.2 Å². The highest BCUT2D eigenvalue weighted by Gasteiger charge is 2.36. The van der Waals surface area contributed by atoms with Crippen LogP contribution in [-0.4, -0.2) is 5.78 Å². The Kier molecular flexibility index (Phi) is 3.84. The number of hydrogen-bond acceptors (Lipinski definition) is 1. The normalized spacial score (nSPS) is 22.7. The number of benzene rings is 1. The molecular weight excluding hydrogens is 227 g/mol. The summed E-state index contributed by atoms with van der Waals surface area (Å²) >= 11 is 0. The summed E-state index contributed by atoms with van der Waals surface area (Å²) in [5.41, 5.74) is 0.601. The highest BCUT2D eigenvalue weighted by atomic mass is 19.1. The average Bonchev–Trinajstić information content (AvgIpc) is 2.31. The van der Waals surface area contributed by atoms with E-state index in [0.717, 1.165) is 19.3 Å². The Hall–Kier alpha value is -1.18. The van der Waals surface area contributed by atoms with Gasteiger partial charge in [0.1, 0.15) is 11.6 Å². The van der Waals surface area contributed by atoms with Crippen LogP contribution < -0.4 is 0 Å². The van der Waals surface area contributed by atoms with E-state index in [4.69, 9.17) is 0 Å². The smallest absolute Gasteiger partial charge is 0.140 e. The molecule has 0 saturated heterocycles. The molecule has 1 aromatic carbocycles. The van der Waals surface area contributed by atoms with Gasteiger partial charge in [-0.1, -0.05) is 44.9 Å². The van der Waals surface area contributed by atoms with E-state index < -0.39 is 0 Å². The van der Waals surface area contributed by atoms with Gasteiger partial charge >= 0.3 is 0 Å². The van der Waals surface area contributed by atoms with E-state index in [0.29, 0.717) is 5.56 Å². The van der Waals surface area contributed by atoms with Crippen molar-refractivity contribution < 1.29 is 9.18 Å². The molecule has 2 heteroatoms. The van der Waals surface area contributed by atoms with Crippen LogP contribution in [0.15, 0.2) is 24.3 Å². The quantitative estimate of drug-likeness (QED) is 0.785. The van der Waals surface area contributed by atoms with Gasteiger partial charge in [0.05, 0.1) is 0 Å². The van der Waals surface area contributed by atoms with Gasteiger partial charge in [-0.25, -0.2) is 4.39 Å². The van der Waals surface area contributed by atoms with Crippen LogP contribution in [0.2, 0.25) is 0 Å². The molecule has 0 bridgehead atoms. The third-order valence-electron chi connectivity index (χ3n) is 4.22. The van der Waals surface area contributed by atoms with Crippen molar-refractivity contribution in [2.45, 2.75) is 46.0 Å². The van der Waals surface area contributed by atoms with Gasteiger partial charge in [-0.3, -0.25) is 4.79 Å². The largest absolute Gasteiger partial charge is 0.299 e. The first kappa shape index (κ1) is 13.3. The maximum absolute atomic E-state index is 13.6. The summed E-state index contributed by atoms with van der Waals surface area (Å²) in [4.78, 5) is 12.4. The Morgan fingerprint density at radius 2 is 2.06 bits per heavy atom. The van der Waals surface area contributed by atoms with Gasteiger partial charge in [0, 0.05) is 12.3 Å². The van der Waals surface area contributed by atoms with Crippen molar-refractivity contribution in [3.63, 3.8) is 0 Å². The highest BCUT2D eigenvalue weighted by Crippen LogP contribution is 2.41. The summed E-state index contributed by atoms with van der Waals surface area (Å²) < 4.78 is 13.6. The summed E-state index contributed by atoms with van der Waals surface area (Å²) in [5, 5.41) is 0. The van der Waals surface area contributed by atoms with Gasteiger partial charge < -0.3 is 0 Å². The van der Waals surface area contributed by atoms with Crippen molar-refractivity contribution in [3.8, 4) is 0 Å². The van der Waals surface area contributed by atoms with Crippen molar-refractivity contribution >= 4 is 5.78 Å². The molecule has 0 heterocycles. The minimum atomic E-state index is -0.264. The van der Waals surface area contributed by atoms with Crippen LogP contribution in [0, 0.1) is 17.2 Å². The number of hydrogen-bond donors (Lipinski definition) is 0. The zero-order chi connectivity index (χ0) is 13.2. The Morgan fingerprint density at radius 1 is 1.33 bits per heavy atom. The van der Waals surface area contributed by atoms with E-state index >= 15 is 0 Å². The molecule has 0 aromatic heterocycles. The lowest BCUT2D eigenvalue weighted by Crippen LogP contribution is -2.35. The van der Waals surface area contributed by atoms with Crippen LogP contribution in [0.25, 0.3) is 0 Å². The molecule has 0 aliphatic heterocycles. The molecule has 1 aliphatic carbocycles. The molecule has 0 amide bonds. The van der Waals surface area contributed by atoms with E-state index in [2.05, 4.69) is 13.8 Å². The second kappa shape index (κ2) is 5.21. The first-order valence-electron chi connectivity index (χ1n) is 6.77. The maximum atomic E-state index is 13.6. The van der Waals surface area contributed by atoms with Gasteiger partial charge in [-0.2, -0.15) is 0 Å². The van der Waals surface area contributed by atoms with E-state index in [1.54, 1.807) is 18.2 Å². The molecule has 0 spiro atoms. The van der Waals surface area contributed by atoms with Crippen LogP contribution in [0.3, 0.4) is 0 Å². The van der Waals surface area contributed by atoms with E-state index in [1.165, 1.54) is 12.5 Å². The molecule has 18 heavy (non-hydrogen) atoms. The standard InChI is InChI=1S/C16H21FO/c1-16(2)10-6-5-8-13(16)15(18)11-12-7-3-4-9-14(12)17/h3-4,7,9,13H,5-6,8,10-11H2,1-2H3. The van der Waals surface area contributed by atoms with E-state index in [9.17, 15) is 9.18 Å². The predicted octanol–water partition coefficient (Wildman–Crippen LogP) is 4.15. The molecule has 1 unspecified atom stereocenters. The Bertz CT molecular complexity index is 436. The van der Waals surface area contributed by atoms with Crippen molar-refractivity contribution in [3.05, 3.63) is 35.6 Å². The molecule has 1 nitrogen and oxygen atoms in total. The zero-order valence-electron chi connectivity index (χ0n) is 11.2. The van der Waals surface area contributed by atoms with Crippen molar-refractivity contribution in [2.24, 2.45) is 11.3 Å². The lowest BCUT2D eigenvalue weighted by atomic mass is 9.66. The summed E-state index contributed by atoms with van der Waals surface area (Å²) in [6.07, 6.45) is 4.62. The van der Waals surface area contributed by atoms with Crippen LogP contribution in [0.1, 0.15) is 45.1 Å². The fourth-order valence-electron chi connectivity index (χ4n) is 3.04. The number of carbonyl (C=O) groups is 1. The maximum Gasteiger partial charge on any atom is 0.140 e. The lowest BCUT2D eigenvalue weighted by Gasteiger charge is -2.37. The molecule has 1 fully saturated rings. The van der Waals surface area contributed by atoms with Crippen molar-refractivity contribution in [1.29, 1.82) is 0 Å². The number of rotatable bonds is 3. The zero-order valence-corrected chi connectivity index (χ0v) is 11.2. The molecule has 0 radical (unpaired) electrons. The Morgan fingerprint density at radius 3 is 2.72 bits per heavy atom. The lowest BCUT2D eigenvalue weighted by molar-refractivity contribution is -0.127. The first-order valence-corrected chi connectivity index (χ1v) is 6.77. The van der Waals surface area contributed by atoms with Gasteiger partial charge in [-0.15, -0.1) is 0 Å². The van der Waals surface area contributed by atoms with Gasteiger partial charge in [-0.05, 0) is 29.9 Å². The topological polar surface area (TPSA) is 17.1 Å². The minimum Gasteiger partial charge on any atom is -0.299 e.